The Morgan fingerprint density at radius 3 is 2.62 bits per heavy atom. The van der Waals surface area contributed by atoms with Crippen LogP contribution in [0.5, 0.6) is 0 Å². The molecule has 6 nitrogen and oxygen atoms in total. The van der Waals surface area contributed by atoms with Gasteiger partial charge in [-0.25, -0.2) is 4.79 Å². The van der Waals surface area contributed by atoms with E-state index in [0.717, 1.165) is 18.8 Å². The number of anilines is 3. The summed E-state index contributed by atoms with van der Waals surface area (Å²) >= 11 is 0. The zero-order chi connectivity index (χ0) is 17.9. The quantitative estimate of drug-likeness (QED) is 0.863. The Hall–Kier alpha value is -2.50. The molecule has 2 rings (SSSR count). The van der Waals surface area contributed by atoms with E-state index in [0.29, 0.717) is 17.9 Å². The van der Waals surface area contributed by atoms with Crippen molar-refractivity contribution in [2.24, 2.45) is 0 Å². The lowest BCUT2D eigenvalue weighted by Gasteiger charge is -2.38. The zero-order valence-electron chi connectivity index (χ0n) is 14.8. The lowest BCUT2D eigenvalue weighted by atomic mass is 10.1. The maximum Gasteiger partial charge on any atom is 0.412 e. The Bertz CT molecular complexity index is 649. The highest BCUT2D eigenvalue weighted by Crippen LogP contribution is 2.39. The van der Waals surface area contributed by atoms with E-state index in [2.05, 4.69) is 23.7 Å². The van der Waals surface area contributed by atoms with Crippen molar-refractivity contribution in [3.05, 3.63) is 30.9 Å². The van der Waals surface area contributed by atoms with Crippen molar-refractivity contribution in [1.29, 1.82) is 0 Å². The minimum absolute atomic E-state index is 0.189. The summed E-state index contributed by atoms with van der Waals surface area (Å²) in [6, 6.07) is 5.57. The molecule has 24 heavy (non-hydrogen) atoms. The first-order valence-corrected chi connectivity index (χ1v) is 8.08. The fourth-order valence-corrected chi connectivity index (χ4v) is 2.70. The maximum absolute atomic E-state index is 12.2. The van der Waals surface area contributed by atoms with Gasteiger partial charge in [0.1, 0.15) is 5.60 Å². The van der Waals surface area contributed by atoms with Crippen LogP contribution in [0.3, 0.4) is 0 Å². The molecule has 6 heteroatoms. The normalized spacial score (nSPS) is 14.0. The highest BCUT2D eigenvalue weighted by atomic mass is 16.6. The first-order valence-electron chi connectivity index (χ1n) is 8.08. The summed E-state index contributed by atoms with van der Waals surface area (Å²) in [5, 5.41) is 2.76. The van der Waals surface area contributed by atoms with Gasteiger partial charge in [-0.1, -0.05) is 12.6 Å². The number of benzene rings is 1. The van der Waals surface area contributed by atoms with Gasteiger partial charge >= 0.3 is 6.09 Å². The average molecular weight is 331 g/mol. The minimum Gasteiger partial charge on any atom is -0.444 e. The van der Waals surface area contributed by atoms with E-state index in [9.17, 15) is 9.59 Å². The second-order valence-electron chi connectivity index (χ2n) is 6.57. The number of fused-ring (bicyclic) bond motifs is 1. The van der Waals surface area contributed by atoms with Crippen LogP contribution in [0, 0.1) is 0 Å². The van der Waals surface area contributed by atoms with Crippen LogP contribution in [0.1, 0.15) is 27.7 Å². The standard InChI is InChI=1S/C18H25N3O3/c1-6-15(22)21-12-11-20(7-2)14-10-8-9-13(16(14)21)19-17(23)24-18(3,4)5/h6,8-10H,1,7,11-12H2,2-5H3,(H,19,23). The van der Waals surface area contributed by atoms with Crippen LogP contribution in [-0.4, -0.2) is 37.2 Å². The van der Waals surface area contributed by atoms with Crippen LogP contribution < -0.4 is 15.1 Å². The summed E-state index contributed by atoms with van der Waals surface area (Å²) in [6.07, 6.45) is 0.742. The Morgan fingerprint density at radius 1 is 1.33 bits per heavy atom. The van der Waals surface area contributed by atoms with Gasteiger partial charge in [-0.2, -0.15) is 0 Å². The molecule has 130 valence electrons. The summed E-state index contributed by atoms with van der Waals surface area (Å²) in [4.78, 5) is 28.2. The smallest absolute Gasteiger partial charge is 0.412 e. The first kappa shape index (κ1) is 17.8. The molecular weight excluding hydrogens is 306 g/mol. The molecule has 1 aromatic carbocycles. The van der Waals surface area contributed by atoms with Gasteiger partial charge < -0.3 is 14.5 Å². The number of nitrogens with one attached hydrogen (secondary N) is 1. The van der Waals surface area contributed by atoms with E-state index in [1.807, 2.05) is 12.1 Å². The maximum atomic E-state index is 12.2. The predicted molar refractivity (Wildman–Crippen MR) is 96.7 cm³/mol. The van der Waals surface area contributed by atoms with E-state index in [1.165, 1.54) is 6.08 Å². The number of ether oxygens (including phenoxy) is 1. The molecule has 1 aromatic rings. The highest BCUT2D eigenvalue weighted by Gasteiger charge is 2.28. The third-order valence-electron chi connectivity index (χ3n) is 3.68. The minimum atomic E-state index is -0.592. The molecule has 0 fully saturated rings. The lowest BCUT2D eigenvalue weighted by molar-refractivity contribution is -0.114. The molecule has 0 saturated carbocycles. The van der Waals surface area contributed by atoms with Crippen LogP contribution in [0.25, 0.3) is 0 Å². The molecule has 1 aliphatic heterocycles. The Morgan fingerprint density at radius 2 is 2.04 bits per heavy atom. The number of rotatable bonds is 3. The Labute approximate surface area is 143 Å². The number of likely N-dealkylation sites (N-methyl/N-ethyl adjacent to an activating group) is 1. The van der Waals surface area contributed by atoms with Gasteiger partial charge in [0.2, 0.25) is 0 Å². The molecule has 0 bridgehead atoms. The first-order chi connectivity index (χ1) is 11.3. The lowest BCUT2D eigenvalue weighted by Crippen LogP contribution is -2.44. The number of hydrogen-bond acceptors (Lipinski definition) is 4. The van der Waals surface area contributed by atoms with Crippen molar-refractivity contribution in [3.63, 3.8) is 0 Å². The van der Waals surface area contributed by atoms with Crippen LogP contribution in [0.15, 0.2) is 30.9 Å². The fourth-order valence-electron chi connectivity index (χ4n) is 2.70. The van der Waals surface area contributed by atoms with Gasteiger partial charge in [-0.05, 0) is 45.9 Å². The number of carbonyl (C=O) groups excluding carboxylic acids is 2. The van der Waals surface area contributed by atoms with Crippen molar-refractivity contribution >= 4 is 29.1 Å². The largest absolute Gasteiger partial charge is 0.444 e. The van der Waals surface area contributed by atoms with Gasteiger partial charge in [0, 0.05) is 19.6 Å². The third kappa shape index (κ3) is 3.88. The fraction of sp³-hybridized carbons (Fsp3) is 0.444. The van der Waals surface area contributed by atoms with E-state index in [-0.39, 0.29) is 5.91 Å². The summed E-state index contributed by atoms with van der Waals surface area (Å²) in [5.41, 5.74) is 1.55. The molecule has 1 aliphatic rings. The van der Waals surface area contributed by atoms with Crippen molar-refractivity contribution in [1.82, 2.24) is 0 Å². The highest BCUT2D eigenvalue weighted by molar-refractivity contribution is 6.08. The monoisotopic (exact) mass is 331 g/mol. The van der Waals surface area contributed by atoms with Crippen molar-refractivity contribution in [2.45, 2.75) is 33.3 Å². The number of carbonyl (C=O) groups is 2. The summed E-state index contributed by atoms with van der Waals surface area (Å²) in [7, 11) is 0. The van der Waals surface area contributed by atoms with Gasteiger partial charge in [0.25, 0.3) is 5.91 Å². The van der Waals surface area contributed by atoms with Crippen molar-refractivity contribution in [2.75, 3.05) is 34.8 Å². The van der Waals surface area contributed by atoms with Crippen LogP contribution >= 0.6 is 0 Å². The summed E-state index contributed by atoms with van der Waals surface area (Å²) < 4.78 is 5.32. The van der Waals surface area contributed by atoms with Crippen LogP contribution in [-0.2, 0) is 9.53 Å². The number of amides is 2. The van der Waals surface area contributed by atoms with E-state index in [4.69, 9.17) is 4.74 Å². The number of nitrogens with zero attached hydrogens (tertiary/aromatic N) is 2. The molecule has 1 heterocycles. The molecule has 0 aromatic heterocycles. The Balaban J connectivity index is 2.41. The van der Waals surface area contributed by atoms with Gasteiger partial charge in [-0.15, -0.1) is 0 Å². The van der Waals surface area contributed by atoms with Crippen molar-refractivity contribution in [3.8, 4) is 0 Å². The van der Waals surface area contributed by atoms with Gasteiger partial charge in [0.15, 0.2) is 0 Å². The molecule has 0 spiro atoms. The van der Waals surface area contributed by atoms with Crippen LogP contribution in [0.2, 0.25) is 0 Å². The van der Waals surface area contributed by atoms with E-state index in [1.54, 1.807) is 31.7 Å². The summed E-state index contributed by atoms with van der Waals surface area (Å²) in [5.74, 6) is -0.189. The molecule has 0 radical (unpaired) electrons. The SMILES string of the molecule is C=CC(=O)N1CCN(CC)c2cccc(NC(=O)OC(C)(C)C)c21. The Kier molecular flexibility index (Phi) is 5.17. The zero-order valence-corrected chi connectivity index (χ0v) is 14.8. The second-order valence-corrected chi connectivity index (χ2v) is 6.57. The molecular formula is C18H25N3O3. The van der Waals surface area contributed by atoms with Crippen molar-refractivity contribution < 1.29 is 14.3 Å². The van der Waals surface area contributed by atoms with Gasteiger partial charge in [0.05, 0.1) is 17.1 Å². The molecule has 0 aliphatic carbocycles. The number of para-hydroxylation sites is 1. The van der Waals surface area contributed by atoms with Crippen LogP contribution in [0.4, 0.5) is 21.9 Å². The molecule has 1 N–H and O–H groups in total. The van der Waals surface area contributed by atoms with Gasteiger partial charge in [-0.3, -0.25) is 10.1 Å². The molecule has 2 amide bonds. The average Bonchev–Trinajstić information content (AvgIpc) is 2.51. The second kappa shape index (κ2) is 6.95. The third-order valence-corrected chi connectivity index (χ3v) is 3.68. The molecule has 0 saturated heterocycles. The number of hydrogen-bond donors (Lipinski definition) is 1. The van der Waals surface area contributed by atoms with E-state index < -0.39 is 11.7 Å². The summed E-state index contributed by atoms with van der Waals surface area (Å²) in [6.45, 7) is 13.1. The molecule has 0 atom stereocenters. The van der Waals surface area contributed by atoms with E-state index >= 15 is 0 Å². The molecule has 0 unspecified atom stereocenters. The predicted octanol–water partition coefficient (Wildman–Crippen LogP) is 3.39. The topological polar surface area (TPSA) is 61.9 Å².